The summed E-state index contributed by atoms with van der Waals surface area (Å²) in [7, 11) is -5.63. The molecular weight excluding hydrogens is 289 g/mol. The van der Waals surface area contributed by atoms with Gasteiger partial charge in [0.2, 0.25) is 0 Å². The number of fused-ring (bicyclic) bond motifs is 3. The number of carbonyl (C=O) groups is 1. The fourth-order valence-corrected chi connectivity index (χ4v) is 3.69. The summed E-state index contributed by atoms with van der Waals surface area (Å²) < 4.78 is 63.4. The Kier molecular flexibility index (Phi) is 3.13. The molecule has 0 heterocycles. The molecule has 110 valence electrons. The van der Waals surface area contributed by atoms with Gasteiger partial charge in [0.25, 0.3) is 0 Å². The third-order valence-corrected chi connectivity index (χ3v) is 5.34. The Labute approximate surface area is 107 Å². The number of rotatable bonds is 3. The van der Waals surface area contributed by atoms with Crippen LogP contribution in [0.15, 0.2) is 0 Å². The zero-order valence-corrected chi connectivity index (χ0v) is 10.7. The summed E-state index contributed by atoms with van der Waals surface area (Å²) in [5.74, 6) is -0.973. The zero-order valence-electron chi connectivity index (χ0n) is 9.86. The summed E-state index contributed by atoms with van der Waals surface area (Å²) in [4.78, 5) is 11.1. The lowest BCUT2D eigenvalue weighted by Crippen LogP contribution is -2.52. The quantitative estimate of drug-likeness (QED) is 0.637. The van der Waals surface area contributed by atoms with Crippen molar-refractivity contribution in [2.24, 2.45) is 5.41 Å². The Morgan fingerprint density at radius 1 is 1.05 bits per heavy atom. The number of carboxylic acids is 1. The second kappa shape index (κ2) is 4.08. The van der Waals surface area contributed by atoms with Crippen LogP contribution in [0.5, 0.6) is 0 Å². The minimum absolute atomic E-state index is 0.0224. The molecule has 3 fully saturated rings. The highest BCUT2D eigenvalue weighted by Gasteiger charge is 2.58. The van der Waals surface area contributed by atoms with E-state index >= 15 is 0 Å². The molecule has 0 atom stereocenters. The van der Waals surface area contributed by atoms with Crippen LogP contribution in [0.3, 0.4) is 0 Å². The Morgan fingerprint density at radius 2 is 1.47 bits per heavy atom. The molecule has 5 nitrogen and oxygen atoms in total. The molecule has 1 N–H and O–H groups in total. The van der Waals surface area contributed by atoms with E-state index in [2.05, 4.69) is 4.18 Å². The van der Waals surface area contributed by atoms with Crippen molar-refractivity contribution in [1.82, 2.24) is 0 Å². The van der Waals surface area contributed by atoms with Gasteiger partial charge < -0.3 is 5.11 Å². The van der Waals surface area contributed by atoms with Crippen LogP contribution in [0.2, 0.25) is 0 Å². The van der Waals surface area contributed by atoms with E-state index in [0.717, 1.165) is 0 Å². The van der Waals surface area contributed by atoms with Crippen molar-refractivity contribution in [2.45, 2.75) is 49.6 Å². The van der Waals surface area contributed by atoms with Gasteiger partial charge in [-0.25, -0.2) is 0 Å². The molecule has 0 aromatic rings. The summed E-state index contributed by atoms with van der Waals surface area (Å²) in [6.45, 7) is 0. The molecule has 0 aromatic carbocycles. The van der Waals surface area contributed by atoms with E-state index < -0.39 is 32.6 Å². The fraction of sp³-hybridized carbons (Fsp3) is 0.900. The highest BCUT2D eigenvalue weighted by atomic mass is 32.2. The molecule has 3 aliphatic carbocycles. The van der Waals surface area contributed by atoms with Crippen LogP contribution in [-0.4, -0.2) is 30.6 Å². The van der Waals surface area contributed by atoms with E-state index in [9.17, 15) is 26.4 Å². The van der Waals surface area contributed by atoms with E-state index in [1.165, 1.54) is 0 Å². The SMILES string of the molecule is O=C(O)C12CCC(OS(=O)(=O)C(F)(F)F)(CC1)CC2. The Hall–Kier alpha value is -0.830. The van der Waals surface area contributed by atoms with Crippen molar-refractivity contribution in [1.29, 1.82) is 0 Å². The lowest BCUT2D eigenvalue weighted by Gasteiger charge is -2.50. The molecule has 0 amide bonds. The van der Waals surface area contributed by atoms with Gasteiger partial charge in [-0.15, -0.1) is 0 Å². The summed E-state index contributed by atoms with van der Waals surface area (Å²) in [6, 6.07) is 0. The van der Waals surface area contributed by atoms with Gasteiger partial charge in [-0.05, 0) is 38.5 Å². The van der Waals surface area contributed by atoms with E-state index in [1.807, 2.05) is 0 Å². The minimum atomic E-state index is -5.63. The van der Waals surface area contributed by atoms with E-state index in [0.29, 0.717) is 0 Å². The van der Waals surface area contributed by atoms with Crippen LogP contribution >= 0.6 is 0 Å². The summed E-state index contributed by atoms with van der Waals surface area (Å²) in [5, 5.41) is 9.12. The largest absolute Gasteiger partial charge is 0.523 e. The van der Waals surface area contributed by atoms with Crippen molar-refractivity contribution < 1.29 is 35.7 Å². The number of aliphatic carboxylic acids is 1. The van der Waals surface area contributed by atoms with Crippen molar-refractivity contribution in [3.63, 3.8) is 0 Å². The number of hydrogen-bond acceptors (Lipinski definition) is 4. The van der Waals surface area contributed by atoms with Crippen LogP contribution in [0, 0.1) is 5.41 Å². The van der Waals surface area contributed by atoms with Crippen LogP contribution < -0.4 is 0 Å². The average molecular weight is 302 g/mol. The van der Waals surface area contributed by atoms with Crippen LogP contribution in [0.1, 0.15) is 38.5 Å². The lowest BCUT2D eigenvalue weighted by atomic mass is 9.59. The number of carboxylic acid groups (broad SMARTS) is 1. The fourth-order valence-electron chi connectivity index (χ4n) is 2.88. The molecule has 9 heteroatoms. The predicted octanol–water partition coefficient (Wildman–Crippen LogP) is 2.03. The van der Waals surface area contributed by atoms with Gasteiger partial charge in [0.1, 0.15) is 0 Å². The normalized spacial score (nSPS) is 35.3. The smallest absolute Gasteiger partial charge is 0.481 e. The second-order valence-corrected chi connectivity index (χ2v) is 6.79. The van der Waals surface area contributed by atoms with Crippen molar-refractivity contribution in [3.8, 4) is 0 Å². The lowest BCUT2D eigenvalue weighted by molar-refractivity contribution is -0.163. The Morgan fingerprint density at radius 3 is 1.79 bits per heavy atom. The van der Waals surface area contributed by atoms with Crippen molar-refractivity contribution >= 4 is 16.1 Å². The van der Waals surface area contributed by atoms with Crippen molar-refractivity contribution in [3.05, 3.63) is 0 Å². The molecule has 0 aromatic heterocycles. The molecule has 0 unspecified atom stereocenters. The number of halogens is 3. The van der Waals surface area contributed by atoms with Crippen LogP contribution in [0.4, 0.5) is 13.2 Å². The van der Waals surface area contributed by atoms with Gasteiger partial charge >= 0.3 is 21.6 Å². The number of hydrogen-bond donors (Lipinski definition) is 1. The predicted molar refractivity (Wildman–Crippen MR) is 56.6 cm³/mol. The van der Waals surface area contributed by atoms with E-state index in [-0.39, 0.29) is 38.5 Å². The Bertz CT molecular complexity index is 471. The highest BCUT2D eigenvalue weighted by molar-refractivity contribution is 7.87. The average Bonchev–Trinajstić information content (AvgIpc) is 2.28. The maximum Gasteiger partial charge on any atom is 0.523 e. The van der Waals surface area contributed by atoms with E-state index in [4.69, 9.17) is 5.11 Å². The molecule has 3 aliphatic rings. The maximum absolute atomic E-state index is 12.3. The molecule has 0 radical (unpaired) electrons. The van der Waals surface area contributed by atoms with Crippen LogP contribution in [0.25, 0.3) is 0 Å². The molecule has 0 spiro atoms. The third kappa shape index (κ3) is 2.33. The molecule has 0 aliphatic heterocycles. The second-order valence-electron chi connectivity index (χ2n) is 5.25. The van der Waals surface area contributed by atoms with Gasteiger partial charge in [-0.1, -0.05) is 0 Å². The van der Waals surface area contributed by atoms with E-state index in [1.54, 1.807) is 0 Å². The monoisotopic (exact) mass is 302 g/mol. The molecule has 19 heavy (non-hydrogen) atoms. The van der Waals surface area contributed by atoms with Gasteiger partial charge in [0.15, 0.2) is 0 Å². The first-order valence-corrected chi connectivity index (χ1v) is 7.18. The third-order valence-electron chi connectivity index (χ3n) is 4.20. The summed E-state index contributed by atoms with van der Waals surface area (Å²) in [5.41, 5.74) is -7.75. The van der Waals surface area contributed by atoms with Gasteiger partial charge in [0, 0.05) is 0 Å². The van der Waals surface area contributed by atoms with Gasteiger partial charge in [-0.2, -0.15) is 21.6 Å². The number of alkyl halides is 3. The molecular formula is C10H13F3O5S. The van der Waals surface area contributed by atoms with Gasteiger partial charge in [0.05, 0.1) is 11.0 Å². The molecule has 0 saturated heterocycles. The standard InChI is InChI=1S/C10H13F3O5S/c11-10(12,13)19(16,17)18-9-4-1-8(2-5-9,3-6-9)7(14)15/h1-6H2,(H,14,15). The summed E-state index contributed by atoms with van der Waals surface area (Å²) >= 11 is 0. The summed E-state index contributed by atoms with van der Waals surface area (Å²) in [6.07, 6.45) is 0.513. The molecule has 3 saturated carbocycles. The van der Waals surface area contributed by atoms with Crippen molar-refractivity contribution in [2.75, 3.05) is 0 Å². The Balaban J connectivity index is 2.16. The first kappa shape index (κ1) is 14.6. The first-order valence-electron chi connectivity index (χ1n) is 5.77. The minimum Gasteiger partial charge on any atom is -0.481 e. The van der Waals surface area contributed by atoms with Gasteiger partial charge in [-0.3, -0.25) is 8.98 Å². The van der Waals surface area contributed by atoms with Crippen LogP contribution in [-0.2, 0) is 19.1 Å². The highest BCUT2D eigenvalue weighted by Crippen LogP contribution is 2.55. The molecule has 3 rings (SSSR count). The zero-order chi connectivity index (χ0) is 14.5. The molecule has 2 bridgehead atoms. The topological polar surface area (TPSA) is 80.7 Å². The maximum atomic E-state index is 12.3. The first-order chi connectivity index (χ1) is 8.52.